The number of benzene rings is 2. The molecular formula is C20H25NO3. The first-order valence-electron chi connectivity index (χ1n) is 8.04. The van der Waals surface area contributed by atoms with Gasteiger partial charge >= 0.3 is 5.97 Å². The molecule has 128 valence electrons. The minimum absolute atomic E-state index is 0.0208. The van der Waals surface area contributed by atoms with Gasteiger partial charge in [0.25, 0.3) is 0 Å². The summed E-state index contributed by atoms with van der Waals surface area (Å²) in [6.45, 7) is 5.62. The van der Waals surface area contributed by atoms with Crippen molar-refractivity contribution in [2.24, 2.45) is 11.7 Å². The van der Waals surface area contributed by atoms with Gasteiger partial charge in [-0.25, -0.2) is 0 Å². The Balaban J connectivity index is 0.000000307. The summed E-state index contributed by atoms with van der Waals surface area (Å²) in [4.78, 5) is 22.2. The summed E-state index contributed by atoms with van der Waals surface area (Å²) in [7, 11) is 0. The van der Waals surface area contributed by atoms with Crippen molar-refractivity contribution in [3.05, 3.63) is 71.3 Å². The molecule has 4 nitrogen and oxygen atoms in total. The molecule has 1 atom stereocenters. The quantitative estimate of drug-likeness (QED) is 0.823. The third-order valence-corrected chi connectivity index (χ3v) is 3.68. The van der Waals surface area contributed by atoms with Crippen LogP contribution in [0, 0.1) is 5.92 Å². The standard InChI is InChI=1S/C15H14O.C5H11NO2/c1-2-12-8-6-7-11-14(12)15(16)13-9-4-3-5-10-13;1-3(2)4(6)5(7)8/h3-11H,2H2,1H3;3-4H,6H2,1-2H3,(H,7,8)/t;4-/m.0/s1. The van der Waals surface area contributed by atoms with Crippen molar-refractivity contribution in [1.82, 2.24) is 0 Å². The molecule has 24 heavy (non-hydrogen) atoms. The van der Waals surface area contributed by atoms with Gasteiger partial charge in [0.05, 0.1) is 0 Å². The Bertz CT molecular complexity index is 666. The van der Waals surface area contributed by atoms with E-state index in [1.54, 1.807) is 13.8 Å². The minimum atomic E-state index is -0.931. The average molecular weight is 327 g/mol. The average Bonchev–Trinajstić information content (AvgIpc) is 2.61. The number of aliphatic carboxylic acids is 1. The molecule has 0 saturated heterocycles. The number of carbonyl (C=O) groups is 2. The smallest absolute Gasteiger partial charge is 0.320 e. The molecule has 4 heteroatoms. The number of carbonyl (C=O) groups excluding carboxylic acids is 1. The third-order valence-electron chi connectivity index (χ3n) is 3.68. The summed E-state index contributed by atoms with van der Waals surface area (Å²) in [5, 5.41) is 8.23. The molecule has 0 fully saturated rings. The normalized spacial score (nSPS) is 11.4. The van der Waals surface area contributed by atoms with Crippen LogP contribution in [0.2, 0.25) is 0 Å². The fraction of sp³-hybridized carbons (Fsp3) is 0.300. The Morgan fingerprint density at radius 3 is 2.00 bits per heavy atom. The van der Waals surface area contributed by atoms with Crippen molar-refractivity contribution < 1.29 is 14.7 Å². The molecule has 0 spiro atoms. The van der Waals surface area contributed by atoms with Crippen molar-refractivity contribution >= 4 is 11.8 Å². The molecule has 0 amide bonds. The van der Waals surface area contributed by atoms with Crippen molar-refractivity contribution in [2.45, 2.75) is 33.2 Å². The van der Waals surface area contributed by atoms with Gasteiger partial charge in [-0.3, -0.25) is 9.59 Å². The maximum absolute atomic E-state index is 12.2. The zero-order chi connectivity index (χ0) is 18.1. The molecular weight excluding hydrogens is 302 g/mol. The maximum atomic E-state index is 12.2. The first kappa shape index (κ1) is 19.6. The van der Waals surface area contributed by atoms with E-state index < -0.39 is 12.0 Å². The van der Waals surface area contributed by atoms with Crippen LogP contribution >= 0.6 is 0 Å². The molecule has 2 aromatic carbocycles. The number of carboxylic acid groups (broad SMARTS) is 1. The molecule has 0 heterocycles. The van der Waals surface area contributed by atoms with Gasteiger partial charge in [0.15, 0.2) is 5.78 Å². The highest BCUT2D eigenvalue weighted by Crippen LogP contribution is 2.14. The summed E-state index contributed by atoms with van der Waals surface area (Å²) in [6, 6.07) is 16.5. The molecule has 2 aromatic rings. The van der Waals surface area contributed by atoms with E-state index in [4.69, 9.17) is 10.8 Å². The lowest BCUT2D eigenvalue weighted by molar-refractivity contribution is -0.139. The topological polar surface area (TPSA) is 80.4 Å². The van der Waals surface area contributed by atoms with E-state index in [1.165, 1.54) is 0 Å². The Morgan fingerprint density at radius 1 is 1.00 bits per heavy atom. The molecule has 0 unspecified atom stereocenters. The van der Waals surface area contributed by atoms with Gasteiger partial charge in [-0.2, -0.15) is 0 Å². The van der Waals surface area contributed by atoms with Crippen LogP contribution in [0.25, 0.3) is 0 Å². The Hall–Kier alpha value is -2.46. The molecule has 0 aliphatic heterocycles. The van der Waals surface area contributed by atoms with E-state index in [-0.39, 0.29) is 11.7 Å². The van der Waals surface area contributed by atoms with Crippen LogP contribution in [0.3, 0.4) is 0 Å². The number of aryl methyl sites for hydroxylation is 1. The monoisotopic (exact) mass is 327 g/mol. The van der Waals surface area contributed by atoms with Gasteiger partial charge in [0, 0.05) is 11.1 Å². The molecule has 0 saturated carbocycles. The molecule has 0 aliphatic rings. The van der Waals surface area contributed by atoms with Crippen LogP contribution in [0.15, 0.2) is 54.6 Å². The highest BCUT2D eigenvalue weighted by Gasteiger charge is 2.14. The number of ketones is 1. The van der Waals surface area contributed by atoms with Gasteiger partial charge in [0.2, 0.25) is 0 Å². The second-order valence-electron chi connectivity index (χ2n) is 5.81. The van der Waals surface area contributed by atoms with Crippen molar-refractivity contribution in [1.29, 1.82) is 0 Å². The van der Waals surface area contributed by atoms with Crippen LogP contribution in [-0.4, -0.2) is 22.9 Å². The second-order valence-corrected chi connectivity index (χ2v) is 5.81. The van der Waals surface area contributed by atoms with Crippen LogP contribution in [0.5, 0.6) is 0 Å². The fourth-order valence-corrected chi connectivity index (χ4v) is 2.08. The van der Waals surface area contributed by atoms with E-state index in [1.807, 2.05) is 54.6 Å². The maximum Gasteiger partial charge on any atom is 0.320 e. The van der Waals surface area contributed by atoms with E-state index in [0.29, 0.717) is 0 Å². The SMILES string of the molecule is CC(C)[C@H](N)C(=O)O.CCc1ccccc1C(=O)c1ccccc1. The number of nitrogens with two attached hydrogens (primary N) is 1. The van der Waals surface area contributed by atoms with Crippen LogP contribution < -0.4 is 5.73 Å². The number of hydrogen-bond acceptors (Lipinski definition) is 3. The Labute approximate surface area is 143 Å². The van der Waals surface area contributed by atoms with Gasteiger partial charge in [0.1, 0.15) is 6.04 Å². The summed E-state index contributed by atoms with van der Waals surface area (Å²) in [6.07, 6.45) is 0.884. The Morgan fingerprint density at radius 2 is 1.54 bits per heavy atom. The number of hydrogen-bond donors (Lipinski definition) is 2. The summed E-state index contributed by atoms with van der Waals surface area (Å²) in [5.74, 6) is -0.800. The zero-order valence-electron chi connectivity index (χ0n) is 14.4. The molecule has 2 rings (SSSR count). The predicted molar refractivity (Wildman–Crippen MR) is 96.1 cm³/mol. The summed E-state index contributed by atoms with van der Waals surface area (Å²) >= 11 is 0. The largest absolute Gasteiger partial charge is 0.480 e. The van der Waals surface area contributed by atoms with E-state index in [9.17, 15) is 9.59 Å². The molecule has 0 aromatic heterocycles. The lowest BCUT2D eigenvalue weighted by Crippen LogP contribution is -2.34. The molecule has 0 aliphatic carbocycles. The lowest BCUT2D eigenvalue weighted by atomic mass is 9.97. The molecule has 0 radical (unpaired) electrons. The number of rotatable bonds is 5. The first-order valence-corrected chi connectivity index (χ1v) is 8.04. The van der Waals surface area contributed by atoms with Gasteiger partial charge < -0.3 is 10.8 Å². The van der Waals surface area contributed by atoms with E-state index >= 15 is 0 Å². The van der Waals surface area contributed by atoms with Crippen molar-refractivity contribution in [3.63, 3.8) is 0 Å². The number of carboxylic acids is 1. The molecule has 3 N–H and O–H groups in total. The summed E-state index contributed by atoms with van der Waals surface area (Å²) < 4.78 is 0. The van der Waals surface area contributed by atoms with Crippen molar-refractivity contribution in [3.8, 4) is 0 Å². The predicted octanol–water partition coefficient (Wildman–Crippen LogP) is 3.53. The van der Waals surface area contributed by atoms with Gasteiger partial charge in [-0.05, 0) is 17.9 Å². The van der Waals surface area contributed by atoms with Crippen molar-refractivity contribution in [2.75, 3.05) is 0 Å². The fourth-order valence-electron chi connectivity index (χ4n) is 2.08. The minimum Gasteiger partial charge on any atom is -0.480 e. The summed E-state index contributed by atoms with van der Waals surface area (Å²) in [5.41, 5.74) is 7.84. The van der Waals surface area contributed by atoms with E-state index in [2.05, 4.69) is 6.92 Å². The molecule has 0 bridgehead atoms. The van der Waals surface area contributed by atoms with Crippen LogP contribution in [0.4, 0.5) is 0 Å². The van der Waals surface area contributed by atoms with E-state index in [0.717, 1.165) is 23.1 Å². The highest BCUT2D eigenvalue weighted by atomic mass is 16.4. The lowest BCUT2D eigenvalue weighted by Gasteiger charge is -2.07. The Kier molecular flexibility index (Phi) is 7.86. The zero-order valence-corrected chi connectivity index (χ0v) is 14.4. The van der Waals surface area contributed by atoms with Gasteiger partial charge in [-0.15, -0.1) is 0 Å². The third kappa shape index (κ3) is 5.63. The van der Waals surface area contributed by atoms with Crippen LogP contribution in [-0.2, 0) is 11.2 Å². The second kappa shape index (κ2) is 9.63. The van der Waals surface area contributed by atoms with Gasteiger partial charge in [-0.1, -0.05) is 75.4 Å². The highest BCUT2D eigenvalue weighted by molar-refractivity contribution is 6.09. The van der Waals surface area contributed by atoms with Crippen LogP contribution in [0.1, 0.15) is 42.3 Å². The first-order chi connectivity index (χ1) is 11.4.